The molecule has 160 valence electrons. The molecule has 0 saturated heterocycles. The van der Waals surface area contributed by atoms with Gasteiger partial charge in [-0.15, -0.1) is 0 Å². The zero-order valence-electron chi connectivity index (χ0n) is 17.7. The Morgan fingerprint density at radius 3 is 2.68 bits per heavy atom. The van der Waals surface area contributed by atoms with Gasteiger partial charge in [-0.05, 0) is 39.0 Å². The number of carbonyl (C=O) groups excluding carboxylic acids is 2. The van der Waals surface area contributed by atoms with Gasteiger partial charge in [-0.2, -0.15) is 0 Å². The smallest absolute Gasteiger partial charge is 0.302 e. The molecular formula is C23H38O5. The maximum Gasteiger partial charge on any atom is 0.302 e. The second-order valence-electron chi connectivity index (χ2n) is 7.93. The fourth-order valence-electron chi connectivity index (χ4n) is 3.71. The van der Waals surface area contributed by atoms with E-state index >= 15 is 0 Å². The monoisotopic (exact) mass is 394 g/mol. The number of rotatable bonds is 13. The van der Waals surface area contributed by atoms with Crippen molar-refractivity contribution in [1.82, 2.24) is 0 Å². The molecule has 1 aliphatic rings. The summed E-state index contributed by atoms with van der Waals surface area (Å²) in [5.74, 6) is -0.598. The third kappa shape index (κ3) is 9.65. The predicted molar refractivity (Wildman–Crippen MR) is 111 cm³/mol. The average Bonchev–Trinajstić information content (AvgIpc) is 2.88. The largest absolute Gasteiger partial charge is 0.463 e. The van der Waals surface area contributed by atoms with Crippen LogP contribution in [0.15, 0.2) is 24.3 Å². The molecule has 0 spiro atoms. The molecule has 5 nitrogen and oxygen atoms in total. The van der Waals surface area contributed by atoms with Crippen LogP contribution in [0.3, 0.4) is 0 Å². The van der Waals surface area contributed by atoms with Crippen LogP contribution >= 0.6 is 0 Å². The van der Waals surface area contributed by atoms with E-state index < -0.39 is 12.2 Å². The number of unbranched alkanes of at least 4 members (excludes halogenated alkanes) is 3. The highest BCUT2D eigenvalue weighted by molar-refractivity contribution is 5.84. The first-order valence-electron chi connectivity index (χ1n) is 10.7. The number of allylic oxidation sites excluding steroid dienone is 2. The van der Waals surface area contributed by atoms with E-state index in [1.807, 2.05) is 19.1 Å². The number of aliphatic hydroxyl groups is 2. The highest BCUT2D eigenvalue weighted by Gasteiger charge is 2.39. The van der Waals surface area contributed by atoms with Crippen molar-refractivity contribution in [1.29, 1.82) is 0 Å². The normalized spacial score (nSPS) is 24.9. The van der Waals surface area contributed by atoms with E-state index in [2.05, 4.69) is 13.0 Å². The first kappa shape index (κ1) is 24.6. The number of hydrogen-bond acceptors (Lipinski definition) is 5. The van der Waals surface area contributed by atoms with Crippen LogP contribution in [0.4, 0.5) is 0 Å². The van der Waals surface area contributed by atoms with E-state index in [1.54, 1.807) is 6.08 Å². The molecule has 0 aromatic carbocycles. The molecule has 0 heterocycles. The summed E-state index contributed by atoms with van der Waals surface area (Å²) in [6.07, 6.45) is 13.7. The molecular weight excluding hydrogens is 356 g/mol. The van der Waals surface area contributed by atoms with Gasteiger partial charge in [0.05, 0.1) is 18.3 Å². The summed E-state index contributed by atoms with van der Waals surface area (Å²) in [6, 6.07) is 0. The number of carbonyl (C=O) groups is 2. The molecule has 0 aromatic heterocycles. The summed E-state index contributed by atoms with van der Waals surface area (Å²) in [5.41, 5.74) is 0. The van der Waals surface area contributed by atoms with Gasteiger partial charge in [0.25, 0.3) is 0 Å². The number of ketones is 1. The third-order valence-corrected chi connectivity index (χ3v) is 5.30. The molecule has 0 aliphatic heterocycles. The second-order valence-corrected chi connectivity index (χ2v) is 7.93. The van der Waals surface area contributed by atoms with Crippen LogP contribution in [-0.4, -0.2) is 40.3 Å². The SMILES string of the molecule is CCCCC[C@H](O)/C=C/[C@H]1[C@H](O)CC(=O)[C@@H]1C/C=C\CCCC(C)OC(C)=O. The zero-order valence-corrected chi connectivity index (χ0v) is 17.7. The van der Waals surface area contributed by atoms with Crippen LogP contribution in [-0.2, 0) is 14.3 Å². The second kappa shape index (κ2) is 13.7. The van der Waals surface area contributed by atoms with E-state index in [4.69, 9.17) is 4.74 Å². The van der Waals surface area contributed by atoms with Gasteiger partial charge in [0.15, 0.2) is 0 Å². The van der Waals surface area contributed by atoms with Crippen molar-refractivity contribution in [2.45, 2.75) is 96.9 Å². The Hall–Kier alpha value is -1.46. The average molecular weight is 395 g/mol. The first-order chi connectivity index (χ1) is 13.3. The van der Waals surface area contributed by atoms with Crippen LogP contribution in [0, 0.1) is 11.8 Å². The van der Waals surface area contributed by atoms with Crippen molar-refractivity contribution in [3.63, 3.8) is 0 Å². The van der Waals surface area contributed by atoms with Crippen LogP contribution < -0.4 is 0 Å². The van der Waals surface area contributed by atoms with E-state index in [0.717, 1.165) is 44.9 Å². The maximum atomic E-state index is 12.2. The number of ether oxygens (including phenoxy) is 1. The molecule has 1 fully saturated rings. The van der Waals surface area contributed by atoms with Crippen LogP contribution in [0.25, 0.3) is 0 Å². The quantitative estimate of drug-likeness (QED) is 0.279. The topological polar surface area (TPSA) is 83.8 Å². The predicted octanol–water partition coefficient (Wildman–Crippen LogP) is 4.12. The van der Waals surface area contributed by atoms with Crippen LogP contribution in [0.2, 0.25) is 0 Å². The summed E-state index contributed by atoms with van der Waals surface area (Å²) in [6.45, 7) is 5.43. The molecule has 1 unspecified atom stereocenters. The zero-order chi connectivity index (χ0) is 20.9. The van der Waals surface area contributed by atoms with Crippen molar-refractivity contribution in [3.8, 4) is 0 Å². The van der Waals surface area contributed by atoms with E-state index in [-0.39, 0.29) is 36.1 Å². The molecule has 28 heavy (non-hydrogen) atoms. The Morgan fingerprint density at radius 1 is 1.25 bits per heavy atom. The van der Waals surface area contributed by atoms with Gasteiger partial charge >= 0.3 is 5.97 Å². The Morgan fingerprint density at radius 2 is 2.00 bits per heavy atom. The van der Waals surface area contributed by atoms with Crippen molar-refractivity contribution < 1.29 is 24.5 Å². The number of esters is 1. The van der Waals surface area contributed by atoms with Gasteiger partial charge in [0, 0.05) is 25.2 Å². The van der Waals surface area contributed by atoms with Crippen LogP contribution in [0.5, 0.6) is 0 Å². The first-order valence-corrected chi connectivity index (χ1v) is 10.7. The van der Waals surface area contributed by atoms with Gasteiger partial charge in [0.1, 0.15) is 5.78 Å². The Labute approximate surface area is 169 Å². The molecule has 0 amide bonds. The van der Waals surface area contributed by atoms with Crippen molar-refractivity contribution in [2.75, 3.05) is 0 Å². The molecule has 1 aliphatic carbocycles. The van der Waals surface area contributed by atoms with E-state index in [0.29, 0.717) is 6.42 Å². The lowest BCUT2D eigenvalue weighted by atomic mass is 9.90. The standard InChI is InChI=1S/C23H38O5/c1-4-5-8-12-19(25)14-15-21-20(22(26)16-23(21)27)13-10-7-6-9-11-17(2)28-18(3)24/h7,10,14-15,17,19-21,23,25,27H,4-6,8-9,11-13,16H2,1-3H3/b10-7-,15-14+/t17?,19-,20+,21+,23+/m0/s1. The molecule has 1 rings (SSSR count). The van der Waals surface area contributed by atoms with Crippen LogP contribution in [0.1, 0.15) is 78.6 Å². The maximum absolute atomic E-state index is 12.2. The highest BCUT2D eigenvalue weighted by atomic mass is 16.5. The third-order valence-electron chi connectivity index (χ3n) is 5.30. The van der Waals surface area contributed by atoms with Crippen molar-refractivity contribution >= 4 is 11.8 Å². The van der Waals surface area contributed by atoms with Gasteiger partial charge in [-0.3, -0.25) is 9.59 Å². The Bertz CT molecular complexity index is 525. The fourth-order valence-corrected chi connectivity index (χ4v) is 3.71. The van der Waals surface area contributed by atoms with Gasteiger partial charge in [-0.1, -0.05) is 50.5 Å². The van der Waals surface area contributed by atoms with Gasteiger partial charge in [0.2, 0.25) is 0 Å². The lowest BCUT2D eigenvalue weighted by Gasteiger charge is -2.16. The summed E-state index contributed by atoms with van der Waals surface area (Å²) < 4.78 is 5.09. The number of Topliss-reactive ketones (excluding diaryl/α,β-unsaturated/α-hetero) is 1. The lowest BCUT2D eigenvalue weighted by Crippen LogP contribution is -2.18. The molecule has 0 radical (unpaired) electrons. The van der Waals surface area contributed by atoms with E-state index in [1.165, 1.54) is 6.92 Å². The van der Waals surface area contributed by atoms with Crippen molar-refractivity contribution in [3.05, 3.63) is 24.3 Å². The molecule has 0 aromatic rings. The summed E-state index contributed by atoms with van der Waals surface area (Å²) in [7, 11) is 0. The summed E-state index contributed by atoms with van der Waals surface area (Å²) >= 11 is 0. The fraction of sp³-hybridized carbons (Fsp3) is 0.739. The van der Waals surface area contributed by atoms with Gasteiger partial charge < -0.3 is 14.9 Å². The van der Waals surface area contributed by atoms with Crippen molar-refractivity contribution in [2.24, 2.45) is 11.8 Å². The molecule has 5 atom stereocenters. The summed E-state index contributed by atoms with van der Waals surface area (Å²) in [5, 5.41) is 20.3. The molecule has 5 heteroatoms. The number of aliphatic hydroxyl groups excluding tert-OH is 2. The molecule has 1 saturated carbocycles. The lowest BCUT2D eigenvalue weighted by molar-refractivity contribution is -0.145. The summed E-state index contributed by atoms with van der Waals surface area (Å²) in [4.78, 5) is 23.1. The minimum absolute atomic E-state index is 0.0734. The number of hydrogen-bond donors (Lipinski definition) is 2. The van der Waals surface area contributed by atoms with Gasteiger partial charge in [-0.25, -0.2) is 0 Å². The highest BCUT2D eigenvalue weighted by Crippen LogP contribution is 2.33. The minimum atomic E-state index is -0.658. The molecule has 0 bridgehead atoms. The molecule has 2 N–H and O–H groups in total. The Balaban J connectivity index is 2.42. The minimum Gasteiger partial charge on any atom is -0.463 e. The van der Waals surface area contributed by atoms with E-state index in [9.17, 15) is 19.8 Å². The Kier molecular flexibility index (Phi) is 12.0.